The maximum absolute atomic E-state index is 12.7. The summed E-state index contributed by atoms with van der Waals surface area (Å²) in [6.45, 7) is 1.64. The van der Waals surface area contributed by atoms with E-state index in [2.05, 4.69) is 0 Å². The van der Waals surface area contributed by atoms with Crippen molar-refractivity contribution in [1.29, 1.82) is 0 Å². The highest BCUT2D eigenvalue weighted by Gasteiger charge is 2.31. The Morgan fingerprint density at radius 3 is 2.33 bits per heavy atom. The molecule has 0 radical (unpaired) electrons. The molecular formula is C17H15F3O. The van der Waals surface area contributed by atoms with Crippen molar-refractivity contribution >= 4 is 5.78 Å². The SMILES string of the molecule is CC(C(=O)Cc1ccccc1)c1cccc(C(F)(F)F)c1. The number of Topliss-reactive ketones (excluding diaryl/α,β-unsaturated/α-hetero) is 1. The molecule has 2 rings (SSSR count). The van der Waals surface area contributed by atoms with Crippen LogP contribution in [0.25, 0.3) is 0 Å². The van der Waals surface area contributed by atoms with Crippen LogP contribution in [0.1, 0.15) is 29.5 Å². The zero-order valence-electron chi connectivity index (χ0n) is 11.5. The second-order valence-electron chi connectivity index (χ2n) is 4.97. The minimum atomic E-state index is -4.39. The largest absolute Gasteiger partial charge is 0.416 e. The van der Waals surface area contributed by atoms with Gasteiger partial charge in [0.15, 0.2) is 0 Å². The molecule has 21 heavy (non-hydrogen) atoms. The van der Waals surface area contributed by atoms with Crippen molar-refractivity contribution < 1.29 is 18.0 Å². The molecule has 2 aromatic rings. The van der Waals surface area contributed by atoms with Crippen molar-refractivity contribution in [2.24, 2.45) is 0 Å². The molecule has 0 aliphatic carbocycles. The van der Waals surface area contributed by atoms with Gasteiger partial charge in [-0.15, -0.1) is 0 Å². The van der Waals surface area contributed by atoms with Gasteiger partial charge in [0.25, 0.3) is 0 Å². The summed E-state index contributed by atoms with van der Waals surface area (Å²) in [5.41, 5.74) is 0.534. The highest BCUT2D eigenvalue weighted by molar-refractivity contribution is 5.87. The van der Waals surface area contributed by atoms with Gasteiger partial charge in [-0.25, -0.2) is 0 Å². The lowest BCUT2D eigenvalue weighted by atomic mass is 9.91. The normalized spacial score (nSPS) is 13.0. The lowest BCUT2D eigenvalue weighted by Crippen LogP contribution is -2.13. The summed E-state index contributed by atoms with van der Waals surface area (Å²) in [5.74, 6) is -0.659. The quantitative estimate of drug-likeness (QED) is 0.803. The number of hydrogen-bond donors (Lipinski definition) is 0. The van der Waals surface area contributed by atoms with E-state index in [1.54, 1.807) is 13.0 Å². The minimum Gasteiger partial charge on any atom is -0.299 e. The molecule has 0 aliphatic rings. The minimum absolute atomic E-state index is 0.0967. The molecule has 0 aliphatic heterocycles. The third-order valence-electron chi connectivity index (χ3n) is 3.42. The molecule has 0 saturated heterocycles. The average Bonchev–Trinajstić information content (AvgIpc) is 2.46. The van der Waals surface area contributed by atoms with Gasteiger partial charge in [0.1, 0.15) is 5.78 Å². The van der Waals surface area contributed by atoms with Crippen molar-refractivity contribution in [3.63, 3.8) is 0 Å². The van der Waals surface area contributed by atoms with Crippen LogP contribution >= 0.6 is 0 Å². The van der Waals surface area contributed by atoms with Gasteiger partial charge in [0.2, 0.25) is 0 Å². The fraction of sp³-hybridized carbons (Fsp3) is 0.235. The van der Waals surface area contributed by atoms with E-state index in [1.807, 2.05) is 30.3 Å². The first kappa shape index (κ1) is 15.3. The standard InChI is InChI=1S/C17H15F3O/c1-12(16(21)10-13-6-3-2-4-7-13)14-8-5-9-15(11-14)17(18,19)20/h2-9,11-12H,10H2,1H3. The first-order valence-corrected chi connectivity index (χ1v) is 6.61. The molecule has 1 atom stereocenters. The fourth-order valence-electron chi connectivity index (χ4n) is 2.12. The van der Waals surface area contributed by atoms with E-state index in [4.69, 9.17) is 0 Å². The number of rotatable bonds is 4. The van der Waals surface area contributed by atoms with E-state index >= 15 is 0 Å². The van der Waals surface area contributed by atoms with E-state index in [-0.39, 0.29) is 12.2 Å². The number of carbonyl (C=O) groups is 1. The Morgan fingerprint density at radius 1 is 1.05 bits per heavy atom. The molecule has 0 heterocycles. The topological polar surface area (TPSA) is 17.1 Å². The second kappa shape index (κ2) is 6.12. The van der Waals surface area contributed by atoms with Crippen molar-refractivity contribution in [3.8, 4) is 0 Å². The summed E-state index contributed by atoms with van der Waals surface area (Å²) in [5, 5.41) is 0. The average molecular weight is 292 g/mol. The first-order chi connectivity index (χ1) is 9.88. The Kier molecular flexibility index (Phi) is 4.46. The molecule has 0 aromatic heterocycles. The summed E-state index contributed by atoms with van der Waals surface area (Å²) in [6.07, 6.45) is -4.17. The van der Waals surface area contributed by atoms with Crippen molar-refractivity contribution in [1.82, 2.24) is 0 Å². The lowest BCUT2D eigenvalue weighted by Gasteiger charge is -2.13. The Bertz CT molecular complexity index is 617. The maximum atomic E-state index is 12.7. The van der Waals surface area contributed by atoms with Gasteiger partial charge in [-0.3, -0.25) is 4.79 Å². The predicted octanol–water partition coefficient (Wildman–Crippen LogP) is 4.62. The van der Waals surface area contributed by atoms with Crippen LogP contribution in [0.15, 0.2) is 54.6 Å². The number of ketones is 1. The Morgan fingerprint density at radius 2 is 1.71 bits per heavy atom. The van der Waals surface area contributed by atoms with Gasteiger partial charge in [-0.05, 0) is 17.2 Å². The van der Waals surface area contributed by atoms with Gasteiger partial charge in [-0.2, -0.15) is 13.2 Å². The van der Waals surface area contributed by atoms with Gasteiger partial charge in [0.05, 0.1) is 5.56 Å². The number of hydrogen-bond acceptors (Lipinski definition) is 1. The van der Waals surface area contributed by atoms with Crippen LogP contribution < -0.4 is 0 Å². The fourth-order valence-corrected chi connectivity index (χ4v) is 2.12. The lowest BCUT2D eigenvalue weighted by molar-refractivity contribution is -0.137. The highest BCUT2D eigenvalue weighted by atomic mass is 19.4. The zero-order valence-corrected chi connectivity index (χ0v) is 11.5. The molecule has 0 amide bonds. The number of alkyl halides is 3. The van der Waals surface area contributed by atoms with Crippen LogP contribution in [-0.4, -0.2) is 5.78 Å². The Labute approximate surface area is 121 Å². The summed E-state index contributed by atoms with van der Waals surface area (Å²) < 4.78 is 38.1. The van der Waals surface area contributed by atoms with Crippen LogP contribution in [0, 0.1) is 0 Å². The highest BCUT2D eigenvalue weighted by Crippen LogP contribution is 2.31. The molecular weight excluding hydrogens is 277 g/mol. The van der Waals surface area contributed by atoms with Crippen molar-refractivity contribution in [2.45, 2.75) is 25.4 Å². The third-order valence-corrected chi connectivity index (χ3v) is 3.42. The summed E-state index contributed by atoms with van der Waals surface area (Å²) in [6, 6.07) is 14.1. The Hall–Kier alpha value is -2.10. The second-order valence-corrected chi connectivity index (χ2v) is 4.97. The molecule has 0 bridgehead atoms. The maximum Gasteiger partial charge on any atom is 0.416 e. The van der Waals surface area contributed by atoms with Crippen LogP contribution in [-0.2, 0) is 17.4 Å². The smallest absolute Gasteiger partial charge is 0.299 e. The number of halogens is 3. The van der Waals surface area contributed by atoms with Crippen molar-refractivity contribution in [2.75, 3.05) is 0 Å². The molecule has 0 fully saturated rings. The Balaban J connectivity index is 2.16. The van der Waals surface area contributed by atoms with Crippen LogP contribution in [0.2, 0.25) is 0 Å². The summed E-state index contributed by atoms with van der Waals surface area (Å²) in [7, 11) is 0. The molecule has 0 spiro atoms. The summed E-state index contributed by atoms with van der Waals surface area (Å²) in [4.78, 5) is 12.2. The monoisotopic (exact) mass is 292 g/mol. The predicted molar refractivity (Wildman–Crippen MR) is 75.0 cm³/mol. The van der Waals surface area contributed by atoms with E-state index in [1.165, 1.54) is 6.07 Å². The number of benzene rings is 2. The van der Waals surface area contributed by atoms with Gasteiger partial charge < -0.3 is 0 Å². The van der Waals surface area contributed by atoms with Gasteiger partial charge in [0, 0.05) is 12.3 Å². The first-order valence-electron chi connectivity index (χ1n) is 6.61. The van der Waals surface area contributed by atoms with Crippen molar-refractivity contribution in [3.05, 3.63) is 71.3 Å². The van der Waals surface area contributed by atoms with E-state index in [0.29, 0.717) is 5.56 Å². The van der Waals surface area contributed by atoms with Crippen LogP contribution in [0.5, 0.6) is 0 Å². The van der Waals surface area contributed by atoms with Gasteiger partial charge >= 0.3 is 6.18 Å². The number of carbonyl (C=O) groups excluding carboxylic acids is 1. The molecule has 110 valence electrons. The van der Waals surface area contributed by atoms with Crippen LogP contribution in [0.4, 0.5) is 13.2 Å². The van der Waals surface area contributed by atoms with Crippen LogP contribution in [0.3, 0.4) is 0 Å². The summed E-state index contributed by atoms with van der Waals surface area (Å²) >= 11 is 0. The molecule has 1 nitrogen and oxygen atoms in total. The molecule has 0 N–H and O–H groups in total. The van der Waals surface area contributed by atoms with E-state index in [9.17, 15) is 18.0 Å². The zero-order chi connectivity index (χ0) is 15.5. The van der Waals surface area contributed by atoms with Gasteiger partial charge in [-0.1, -0.05) is 55.5 Å². The third kappa shape index (κ3) is 3.94. The van der Waals surface area contributed by atoms with E-state index < -0.39 is 17.7 Å². The molecule has 4 heteroatoms. The molecule has 2 aromatic carbocycles. The van der Waals surface area contributed by atoms with E-state index in [0.717, 1.165) is 17.7 Å². The molecule has 0 saturated carbocycles. The molecule has 1 unspecified atom stereocenters.